The predicted octanol–water partition coefficient (Wildman–Crippen LogP) is 2.81. The van der Waals surface area contributed by atoms with E-state index in [0.717, 1.165) is 19.0 Å². The lowest BCUT2D eigenvalue weighted by Gasteiger charge is -2.17. The molecule has 1 saturated heterocycles. The number of likely N-dealkylation sites (tertiary alicyclic amines) is 1. The molecular formula is C13H15Cl2FN2O. The molecule has 1 aliphatic heterocycles. The van der Waals surface area contributed by atoms with E-state index in [1.165, 1.54) is 6.07 Å². The molecule has 1 aromatic carbocycles. The monoisotopic (exact) mass is 304 g/mol. The Labute approximate surface area is 121 Å². The lowest BCUT2D eigenvalue weighted by Crippen LogP contribution is -2.30. The number of carbonyl (C=O) groups is 1. The fourth-order valence-corrected chi connectivity index (χ4v) is 2.79. The first-order valence-electron chi connectivity index (χ1n) is 6.11. The number of hydrogen-bond acceptors (Lipinski definition) is 2. The topological polar surface area (TPSA) is 32.3 Å². The van der Waals surface area contributed by atoms with Gasteiger partial charge in [-0.05, 0) is 38.1 Å². The predicted molar refractivity (Wildman–Crippen MR) is 74.4 cm³/mol. The molecule has 1 heterocycles. The van der Waals surface area contributed by atoms with Crippen LogP contribution in [-0.4, -0.2) is 37.5 Å². The summed E-state index contributed by atoms with van der Waals surface area (Å²) in [4.78, 5) is 14.0. The third kappa shape index (κ3) is 3.19. The van der Waals surface area contributed by atoms with Gasteiger partial charge in [-0.1, -0.05) is 23.2 Å². The van der Waals surface area contributed by atoms with E-state index in [1.54, 1.807) is 4.90 Å². The zero-order chi connectivity index (χ0) is 14.0. The van der Waals surface area contributed by atoms with Gasteiger partial charge < -0.3 is 10.2 Å². The van der Waals surface area contributed by atoms with Crippen molar-refractivity contribution in [3.8, 4) is 0 Å². The van der Waals surface area contributed by atoms with Gasteiger partial charge in [0.2, 0.25) is 0 Å². The summed E-state index contributed by atoms with van der Waals surface area (Å²) in [6, 6.07) is 2.38. The molecule has 0 aromatic heterocycles. The average Bonchev–Trinajstić information content (AvgIpc) is 2.82. The van der Waals surface area contributed by atoms with Crippen LogP contribution in [0.2, 0.25) is 10.0 Å². The smallest absolute Gasteiger partial charge is 0.255 e. The average molecular weight is 305 g/mol. The molecule has 6 heteroatoms. The minimum Gasteiger partial charge on any atom is -0.338 e. The van der Waals surface area contributed by atoms with Crippen molar-refractivity contribution in [3.05, 3.63) is 33.6 Å². The number of nitrogens with zero attached hydrogens (tertiary/aromatic N) is 1. The summed E-state index contributed by atoms with van der Waals surface area (Å²) in [5.74, 6) is -0.426. The number of rotatable bonds is 3. The summed E-state index contributed by atoms with van der Waals surface area (Å²) < 4.78 is 13.4. The number of benzene rings is 1. The van der Waals surface area contributed by atoms with E-state index in [2.05, 4.69) is 5.32 Å². The van der Waals surface area contributed by atoms with Crippen LogP contribution in [0, 0.1) is 11.7 Å². The van der Waals surface area contributed by atoms with Crippen LogP contribution < -0.4 is 5.32 Å². The van der Waals surface area contributed by atoms with Crippen molar-refractivity contribution in [1.82, 2.24) is 10.2 Å². The van der Waals surface area contributed by atoms with Crippen LogP contribution in [0.4, 0.5) is 4.39 Å². The Bertz CT molecular complexity index is 496. The molecule has 2 rings (SSSR count). The van der Waals surface area contributed by atoms with Gasteiger partial charge in [0.1, 0.15) is 5.82 Å². The van der Waals surface area contributed by atoms with Crippen molar-refractivity contribution in [2.45, 2.75) is 6.42 Å². The van der Waals surface area contributed by atoms with Crippen molar-refractivity contribution < 1.29 is 9.18 Å². The van der Waals surface area contributed by atoms with Crippen LogP contribution in [0.1, 0.15) is 16.8 Å². The van der Waals surface area contributed by atoms with Gasteiger partial charge in [0.05, 0.1) is 15.6 Å². The van der Waals surface area contributed by atoms with Gasteiger partial charge >= 0.3 is 0 Å². The molecule has 0 spiro atoms. The second kappa shape index (κ2) is 6.07. The molecule has 1 aliphatic rings. The van der Waals surface area contributed by atoms with Crippen LogP contribution in [0.3, 0.4) is 0 Å². The van der Waals surface area contributed by atoms with E-state index in [-0.39, 0.29) is 21.5 Å². The number of hydrogen-bond donors (Lipinski definition) is 1. The van der Waals surface area contributed by atoms with Gasteiger partial charge in [-0.25, -0.2) is 4.39 Å². The zero-order valence-electron chi connectivity index (χ0n) is 10.5. The number of carbonyl (C=O) groups excluding carboxylic acids is 1. The zero-order valence-corrected chi connectivity index (χ0v) is 12.1. The largest absolute Gasteiger partial charge is 0.338 e. The van der Waals surface area contributed by atoms with E-state index in [1.807, 2.05) is 7.05 Å². The van der Waals surface area contributed by atoms with Crippen LogP contribution in [0.5, 0.6) is 0 Å². The molecule has 1 N–H and O–H groups in total. The van der Waals surface area contributed by atoms with Crippen molar-refractivity contribution >= 4 is 29.1 Å². The van der Waals surface area contributed by atoms with Crippen LogP contribution >= 0.6 is 23.2 Å². The highest BCUT2D eigenvalue weighted by Crippen LogP contribution is 2.27. The maximum Gasteiger partial charge on any atom is 0.255 e. The van der Waals surface area contributed by atoms with Gasteiger partial charge in [0.15, 0.2) is 0 Å². The number of amides is 1. The van der Waals surface area contributed by atoms with E-state index in [0.29, 0.717) is 19.0 Å². The summed E-state index contributed by atoms with van der Waals surface area (Å²) in [6.45, 7) is 2.21. The van der Waals surface area contributed by atoms with Gasteiger partial charge in [0, 0.05) is 13.1 Å². The molecule has 1 amide bonds. The molecule has 0 radical (unpaired) electrons. The summed E-state index contributed by atoms with van der Waals surface area (Å²) in [7, 11) is 1.88. The fourth-order valence-electron chi connectivity index (χ4n) is 2.33. The standard InChI is InChI=1S/C13H15Cl2FN2O/c1-17-6-8-2-3-18(7-8)13(19)9-4-12(16)11(15)5-10(9)14/h4-5,8,17H,2-3,6-7H2,1H3/t8-/m0/s1. The Balaban J connectivity index is 2.15. The SMILES string of the molecule is CNC[C@@H]1CCN(C(=O)c2cc(F)c(Cl)cc2Cl)C1. The maximum atomic E-state index is 13.4. The summed E-state index contributed by atoms with van der Waals surface area (Å²) in [5, 5.41) is 3.21. The van der Waals surface area contributed by atoms with E-state index in [9.17, 15) is 9.18 Å². The molecule has 0 unspecified atom stereocenters. The van der Waals surface area contributed by atoms with Crippen molar-refractivity contribution in [2.24, 2.45) is 5.92 Å². The first-order chi connectivity index (χ1) is 9.02. The summed E-state index contributed by atoms with van der Waals surface area (Å²) in [6.07, 6.45) is 0.945. The van der Waals surface area contributed by atoms with E-state index < -0.39 is 5.82 Å². The molecule has 0 bridgehead atoms. The quantitative estimate of drug-likeness (QED) is 0.871. The Morgan fingerprint density at radius 1 is 1.47 bits per heavy atom. The molecule has 0 saturated carbocycles. The van der Waals surface area contributed by atoms with Crippen LogP contribution in [-0.2, 0) is 0 Å². The van der Waals surface area contributed by atoms with Crippen LogP contribution in [0.15, 0.2) is 12.1 Å². The van der Waals surface area contributed by atoms with Crippen molar-refractivity contribution in [1.29, 1.82) is 0 Å². The van der Waals surface area contributed by atoms with Gasteiger partial charge in [0.25, 0.3) is 5.91 Å². The van der Waals surface area contributed by atoms with E-state index >= 15 is 0 Å². The normalized spacial score (nSPS) is 18.9. The summed E-state index contributed by atoms with van der Waals surface area (Å²) in [5.41, 5.74) is 0.175. The highest BCUT2D eigenvalue weighted by Gasteiger charge is 2.28. The minimum atomic E-state index is -0.625. The molecule has 1 fully saturated rings. The maximum absolute atomic E-state index is 13.4. The third-order valence-corrected chi connectivity index (χ3v) is 3.91. The highest BCUT2D eigenvalue weighted by atomic mass is 35.5. The fraction of sp³-hybridized carbons (Fsp3) is 0.462. The van der Waals surface area contributed by atoms with Gasteiger partial charge in [-0.15, -0.1) is 0 Å². The first-order valence-corrected chi connectivity index (χ1v) is 6.87. The second-order valence-corrected chi connectivity index (χ2v) is 5.52. The molecule has 0 aliphatic carbocycles. The number of nitrogens with one attached hydrogen (secondary N) is 1. The van der Waals surface area contributed by atoms with Crippen molar-refractivity contribution in [3.63, 3.8) is 0 Å². The Morgan fingerprint density at radius 3 is 2.89 bits per heavy atom. The van der Waals surface area contributed by atoms with Gasteiger partial charge in [-0.3, -0.25) is 4.79 Å². The second-order valence-electron chi connectivity index (χ2n) is 4.71. The minimum absolute atomic E-state index is 0.0731. The lowest BCUT2D eigenvalue weighted by molar-refractivity contribution is 0.0787. The third-order valence-electron chi connectivity index (χ3n) is 3.31. The molecule has 3 nitrogen and oxygen atoms in total. The molecule has 1 aromatic rings. The lowest BCUT2D eigenvalue weighted by atomic mass is 10.1. The summed E-state index contributed by atoms with van der Waals surface area (Å²) >= 11 is 11.6. The van der Waals surface area contributed by atoms with Crippen LogP contribution in [0.25, 0.3) is 0 Å². The molecular weight excluding hydrogens is 290 g/mol. The Kier molecular flexibility index (Phi) is 4.66. The van der Waals surface area contributed by atoms with Crippen molar-refractivity contribution in [2.75, 3.05) is 26.7 Å². The van der Waals surface area contributed by atoms with Gasteiger partial charge in [-0.2, -0.15) is 0 Å². The number of halogens is 3. The molecule has 19 heavy (non-hydrogen) atoms. The molecule has 104 valence electrons. The highest BCUT2D eigenvalue weighted by molar-refractivity contribution is 6.36. The molecule has 1 atom stereocenters. The Hall–Kier alpha value is -0.840. The Morgan fingerprint density at radius 2 is 2.21 bits per heavy atom. The first kappa shape index (κ1) is 14.6. The van der Waals surface area contributed by atoms with E-state index in [4.69, 9.17) is 23.2 Å².